The summed E-state index contributed by atoms with van der Waals surface area (Å²) in [5, 5.41) is 3.32. The van der Waals surface area contributed by atoms with E-state index in [1.807, 2.05) is 11.5 Å². The number of aryl methyl sites for hydroxylation is 1. The molecule has 0 bridgehead atoms. The largest absolute Gasteiger partial charge is 0.379 e. The number of morpholine rings is 1. The second-order valence-corrected chi connectivity index (χ2v) is 7.08. The zero-order chi connectivity index (χ0) is 15.3. The first kappa shape index (κ1) is 16.5. The van der Waals surface area contributed by atoms with Crippen molar-refractivity contribution in [2.75, 3.05) is 32.8 Å². The lowest BCUT2D eigenvalue weighted by molar-refractivity contribution is 0.0730. The smallest absolute Gasteiger partial charge is 0.244 e. The van der Waals surface area contributed by atoms with E-state index >= 15 is 0 Å². The zero-order valence-corrected chi connectivity index (χ0v) is 13.7. The van der Waals surface area contributed by atoms with E-state index in [4.69, 9.17) is 4.74 Å². The predicted molar refractivity (Wildman–Crippen MR) is 81.7 cm³/mol. The summed E-state index contributed by atoms with van der Waals surface area (Å²) in [5.74, 6) is 0. The summed E-state index contributed by atoms with van der Waals surface area (Å²) in [6, 6.07) is 1.79. The molecule has 6 nitrogen and oxygen atoms in total. The SMILES string of the molecule is CCCNCc1cc(S(=O)(=O)N2CCOCC2)cn1CC. The number of aromatic nitrogens is 1. The third-order valence-electron chi connectivity index (χ3n) is 3.64. The average molecular weight is 315 g/mol. The van der Waals surface area contributed by atoms with E-state index in [1.165, 1.54) is 4.31 Å². The molecule has 0 aromatic carbocycles. The molecule has 21 heavy (non-hydrogen) atoms. The number of hydrogen-bond donors (Lipinski definition) is 1. The standard InChI is InChI=1S/C14H25N3O3S/c1-3-5-15-11-13-10-14(12-16(13)4-2)21(18,19)17-6-8-20-9-7-17/h10,12,15H,3-9,11H2,1-2H3. The van der Waals surface area contributed by atoms with Crippen LogP contribution in [0.4, 0.5) is 0 Å². The maximum Gasteiger partial charge on any atom is 0.244 e. The monoisotopic (exact) mass is 315 g/mol. The summed E-state index contributed by atoms with van der Waals surface area (Å²) >= 11 is 0. The van der Waals surface area contributed by atoms with Gasteiger partial charge in [-0.25, -0.2) is 8.42 Å². The quantitative estimate of drug-likeness (QED) is 0.763. The normalized spacial score (nSPS) is 17.2. The van der Waals surface area contributed by atoms with Crippen molar-refractivity contribution in [2.24, 2.45) is 0 Å². The summed E-state index contributed by atoms with van der Waals surface area (Å²) in [6.45, 7) is 8.33. The number of hydrogen-bond acceptors (Lipinski definition) is 4. The molecule has 0 unspecified atom stereocenters. The molecule has 0 amide bonds. The van der Waals surface area contributed by atoms with E-state index in [1.54, 1.807) is 12.3 Å². The van der Waals surface area contributed by atoms with Crippen LogP contribution in [0.15, 0.2) is 17.2 Å². The minimum Gasteiger partial charge on any atom is -0.379 e. The molecule has 0 saturated carbocycles. The Morgan fingerprint density at radius 1 is 1.29 bits per heavy atom. The van der Waals surface area contributed by atoms with Crippen molar-refractivity contribution >= 4 is 10.0 Å². The number of nitrogens with one attached hydrogen (secondary N) is 1. The summed E-state index contributed by atoms with van der Waals surface area (Å²) in [7, 11) is -3.40. The van der Waals surface area contributed by atoms with Crippen LogP contribution in [0.5, 0.6) is 0 Å². The van der Waals surface area contributed by atoms with Gasteiger partial charge in [-0.3, -0.25) is 0 Å². The number of nitrogens with zero attached hydrogens (tertiary/aromatic N) is 2. The average Bonchev–Trinajstić information content (AvgIpc) is 2.92. The van der Waals surface area contributed by atoms with Gasteiger partial charge in [-0.05, 0) is 26.0 Å². The van der Waals surface area contributed by atoms with Crippen LogP contribution in [-0.4, -0.2) is 50.1 Å². The fraction of sp³-hybridized carbons (Fsp3) is 0.714. The van der Waals surface area contributed by atoms with Crippen LogP contribution < -0.4 is 5.32 Å². The van der Waals surface area contributed by atoms with Crippen LogP contribution in [0.2, 0.25) is 0 Å². The Labute approximate surface area is 127 Å². The lowest BCUT2D eigenvalue weighted by Gasteiger charge is -2.25. The van der Waals surface area contributed by atoms with Gasteiger partial charge >= 0.3 is 0 Å². The third-order valence-corrected chi connectivity index (χ3v) is 5.51. The minimum absolute atomic E-state index is 0.388. The summed E-state index contributed by atoms with van der Waals surface area (Å²) in [6.07, 6.45) is 2.81. The fourth-order valence-electron chi connectivity index (χ4n) is 2.44. The topological polar surface area (TPSA) is 63.6 Å². The molecule has 1 fully saturated rings. The van der Waals surface area contributed by atoms with Crippen molar-refractivity contribution in [3.63, 3.8) is 0 Å². The van der Waals surface area contributed by atoms with Gasteiger partial charge in [-0.2, -0.15) is 4.31 Å². The molecule has 1 N–H and O–H groups in total. The van der Waals surface area contributed by atoms with Crippen LogP contribution in [0.3, 0.4) is 0 Å². The fourth-order valence-corrected chi connectivity index (χ4v) is 3.91. The van der Waals surface area contributed by atoms with Crippen molar-refractivity contribution in [1.82, 2.24) is 14.2 Å². The van der Waals surface area contributed by atoms with Crippen LogP contribution in [0.1, 0.15) is 26.0 Å². The van der Waals surface area contributed by atoms with Gasteiger partial charge in [0.05, 0.1) is 13.2 Å². The number of sulfonamides is 1. The maximum absolute atomic E-state index is 12.6. The highest BCUT2D eigenvalue weighted by Crippen LogP contribution is 2.20. The molecule has 0 spiro atoms. The Bertz CT molecular complexity index is 548. The highest BCUT2D eigenvalue weighted by Gasteiger charge is 2.27. The van der Waals surface area contributed by atoms with Gasteiger partial charge in [0.15, 0.2) is 0 Å². The Morgan fingerprint density at radius 3 is 2.62 bits per heavy atom. The van der Waals surface area contributed by atoms with Gasteiger partial charge in [0, 0.05) is 38.1 Å². The van der Waals surface area contributed by atoms with Gasteiger partial charge in [-0.15, -0.1) is 0 Å². The molecule has 1 saturated heterocycles. The lowest BCUT2D eigenvalue weighted by atomic mass is 10.4. The molecule has 0 atom stereocenters. The molecule has 120 valence electrons. The van der Waals surface area contributed by atoms with Crippen LogP contribution >= 0.6 is 0 Å². The van der Waals surface area contributed by atoms with E-state index in [0.717, 1.165) is 25.2 Å². The van der Waals surface area contributed by atoms with Crippen LogP contribution in [-0.2, 0) is 27.8 Å². The second kappa shape index (κ2) is 7.40. The van der Waals surface area contributed by atoms with E-state index in [0.29, 0.717) is 37.7 Å². The Balaban J connectivity index is 2.18. The molecule has 2 rings (SSSR count). The zero-order valence-electron chi connectivity index (χ0n) is 12.8. The molecule has 1 aromatic rings. The molecule has 1 aromatic heterocycles. The summed E-state index contributed by atoms with van der Waals surface area (Å²) in [4.78, 5) is 0.388. The second-order valence-electron chi connectivity index (χ2n) is 5.15. The van der Waals surface area contributed by atoms with Gasteiger partial charge < -0.3 is 14.6 Å². The van der Waals surface area contributed by atoms with Crippen LogP contribution in [0, 0.1) is 0 Å². The van der Waals surface area contributed by atoms with Crippen molar-refractivity contribution in [3.05, 3.63) is 18.0 Å². The Morgan fingerprint density at radius 2 is 2.00 bits per heavy atom. The van der Waals surface area contributed by atoms with Gasteiger partial charge in [0.1, 0.15) is 4.90 Å². The predicted octanol–water partition coefficient (Wildman–Crippen LogP) is 1.03. The van der Waals surface area contributed by atoms with Crippen molar-refractivity contribution in [1.29, 1.82) is 0 Å². The highest BCUT2D eigenvalue weighted by atomic mass is 32.2. The number of ether oxygens (including phenoxy) is 1. The molecular weight excluding hydrogens is 290 g/mol. The van der Waals surface area contributed by atoms with Crippen molar-refractivity contribution in [3.8, 4) is 0 Å². The van der Waals surface area contributed by atoms with E-state index in [-0.39, 0.29) is 0 Å². The molecule has 0 aliphatic carbocycles. The maximum atomic E-state index is 12.6. The minimum atomic E-state index is -3.40. The van der Waals surface area contributed by atoms with E-state index in [2.05, 4.69) is 12.2 Å². The third kappa shape index (κ3) is 3.85. The first-order chi connectivity index (χ1) is 10.1. The first-order valence-electron chi connectivity index (χ1n) is 7.57. The molecule has 1 aliphatic rings. The van der Waals surface area contributed by atoms with Crippen LogP contribution in [0.25, 0.3) is 0 Å². The van der Waals surface area contributed by atoms with E-state index in [9.17, 15) is 8.42 Å². The van der Waals surface area contributed by atoms with E-state index < -0.39 is 10.0 Å². The number of rotatable bonds is 7. The van der Waals surface area contributed by atoms with Crippen molar-refractivity contribution < 1.29 is 13.2 Å². The molecule has 7 heteroatoms. The summed E-state index contributed by atoms with van der Waals surface area (Å²) in [5.41, 5.74) is 1.01. The summed E-state index contributed by atoms with van der Waals surface area (Å²) < 4.78 is 34.0. The molecular formula is C14H25N3O3S. The lowest BCUT2D eigenvalue weighted by Crippen LogP contribution is -2.40. The first-order valence-corrected chi connectivity index (χ1v) is 9.01. The van der Waals surface area contributed by atoms with Gasteiger partial charge in [-0.1, -0.05) is 6.92 Å². The Hall–Kier alpha value is -0.890. The van der Waals surface area contributed by atoms with Gasteiger partial charge in [0.2, 0.25) is 10.0 Å². The Kier molecular flexibility index (Phi) is 5.80. The molecule has 1 aliphatic heterocycles. The highest BCUT2D eigenvalue weighted by molar-refractivity contribution is 7.89. The van der Waals surface area contributed by atoms with Crippen molar-refractivity contribution in [2.45, 2.75) is 38.3 Å². The molecule has 2 heterocycles. The van der Waals surface area contributed by atoms with Gasteiger partial charge in [0.25, 0.3) is 0 Å². The molecule has 0 radical (unpaired) electrons.